The highest BCUT2D eigenvalue weighted by atomic mass is 32.2. The number of anilines is 1. The fraction of sp³-hybridized carbons (Fsp3) is 0.333. The van der Waals surface area contributed by atoms with E-state index in [0.717, 1.165) is 0 Å². The number of nitrogens with two attached hydrogens (primary N) is 1. The van der Waals surface area contributed by atoms with Crippen molar-refractivity contribution in [2.75, 3.05) is 24.3 Å². The summed E-state index contributed by atoms with van der Waals surface area (Å²) in [6, 6.07) is 2.06. The summed E-state index contributed by atoms with van der Waals surface area (Å²) in [5.74, 6) is -1.81. The number of β-lactam (4-membered cyclic amide) rings is 1. The molecule has 1 unspecified atom stereocenters. The highest BCUT2D eigenvalue weighted by molar-refractivity contribution is 8.01. The Morgan fingerprint density at radius 2 is 2.26 bits per heavy atom. The molecule has 34 heavy (non-hydrogen) atoms. The zero-order valence-electron chi connectivity index (χ0n) is 17.9. The predicted octanol–water partition coefficient (Wildman–Crippen LogP) is -0.931. The van der Waals surface area contributed by atoms with Gasteiger partial charge in [-0.1, -0.05) is 16.9 Å². The van der Waals surface area contributed by atoms with Gasteiger partial charge in [0.25, 0.3) is 11.8 Å². The molecule has 4 heterocycles. The molecule has 2 amide bonds. The molecule has 14 nitrogen and oxygen atoms in total. The molecule has 2 aliphatic rings. The molecule has 0 spiro atoms. The van der Waals surface area contributed by atoms with E-state index in [1.54, 1.807) is 13.1 Å². The standard InChI is InChI=1S/C18H19N9O5S2/c1-26-18(22-24-25-26)34-7-8-6-33-16-12(15(29)27(16)13(8)17(30)31)21-14(28)11(23-32-2)10-5-9(19)3-4-20-10/h3-5,12,16H,6-7H2,1-2H3,(H2,19,20)(H,21,28)(H,30,31)/b23-11-/t12?,16-/m1/s1. The summed E-state index contributed by atoms with van der Waals surface area (Å²) in [5.41, 5.74) is 6.60. The van der Waals surface area contributed by atoms with Gasteiger partial charge in [0.05, 0.1) is 5.69 Å². The van der Waals surface area contributed by atoms with Crippen molar-refractivity contribution in [1.29, 1.82) is 0 Å². The monoisotopic (exact) mass is 505 g/mol. The number of aliphatic carboxylic acids is 1. The summed E-state index contributed by atoms with van der Waals surface area (Å²) < 4.78 is 1.47. The van der Waals surface area contributed by atoms with E-state index in [0.29, 0.717) is 27.9 Å². The number of oxime groups is 1. The maximum Gasteiger partial charge on any atom is 0.352 e. The molecule has 2 aromatic heterocycles. The Kier molecular flexibility index (Phi) is 6.69. The van der Waals surface area contributed by atoms with Gasteiger partial charge in [0, 0.05) is 30.4 Å². The summed E-state index contributed by atoms with van der Waals surface area (Å²) in [5, 5.41) is 27.2. The zero-order chi connectivity index (χ0) is 24.4. The van der Waals surface area contributed by atoms with Crippen molar-refractivity contribution < 1.29 is 24.3 Å². The van der Waals surface area contributed by atoms with Gasteiger partial charge in [0.15, 0.2) is 5.71 Å². The number of carbonyl (C=O) groups is 3. The second-order valence-electron chi connectivity index (χ2n) is 7.09. The molecule has 0 saturated carbocycles. The molecular formula is C18H19N9O5S2. The van der Waals surface area contributed by atoms with Crippen molar-refractivity contribution >= 4 is 52.7 Å². The molecule has 1 fully saturated rings. The lowest BCUT2D eigenvalue weighted by atomic mass is 10.0. The van der Waals surface area contributed by atoms with E-state index < -0.39 is 29.2 Å². The molecule has 2 aromatic rings. The minimum Gasteiger partial charge on any atom is -0.477 e. The van der Waals surface area contributed by atoms with Gasteiger partial charge in [-0.3, -0.25) is 19.5 Å². The van der Waals surface area contributed by atoms with Crippen LogP contribution in [0.2, 0.25) is 0 Å². The number of hydrogen-bond donors (Lipinski definition) is 3. The Bertz CT molecular complexity index is 1210. The van der Waals surface area contributed by atoms with Crippen LogP contribution in [0.3, 0.4) is 0 Å². The second-order valence-corrected chi connectivity index (χ2v) is 9.14. The summed E-state index contributed by atoms with van der Waals surface area (Å²) in [6.45, 7) is 0. The molecule has 0 radical (unpaired) electrons. The third kappa shape index (κ3) is 4.41. The van der Waals surface area contributed by atoms with Crippen LogP contribution in [-0.4, -0.2) is 88.7 Å². The smallest absolute Gasteiger partial charge is 0.352 e. The van der Waals surface area contributed by atoms with E-state index in [2.05, 4.69) is 31.0 Å². The summed E-state index contributed by atoms with van der Waals surface area (Å²) in [4.78, 5) is 47.8. The number of tetrazole rings is 1. The maximum atomic E-state index is 12.9. The summed E-state index contributed by atoms with van der Waals surface area (Å²) >= 11 is 2.62. The first kappa shape index (κ1) is 23.5. The van der Waals surface area contributed by atoms with Crippen LogP contribution in [0.1, 0.15) is 5.69 Å². The Balaban J connectivity index is 1.50. The lowest BCUT2D eigenvalue weighted by Gasteiger charge is -2.49. The molecule has 16 heteroatoms. The molecule has 0 bridgehead atoms. The van der Waals surface area contributed by atoms with Crippen LogP contribution in [0.15, 0.2) is 39.9 Å². The fourth-order valence-electron chi connectivity index (χ4n) is 3.37. The van der Waals surface area contributed by atoms with Crippen LogP contribution in [0.25, 0.3) is 0 Å². The van der Waals surface area contributed by atoms with Gasteiger partial charge < -0.3 is 21.0 Å². The van der Waals surface area contributed by atoms with Crippen molar-refractivity contribution in [3.8, 4) is 0 Å². The first-order valence-corrected chi connectivity index (χ1v) is 11.7. The SMILES string of the molecule is CO/N=C(\C(=O)NC1C(=O)N2C(C(=O)O)=C(CSc3nnnn3C)CS[C@H]12)c1cc(N)ccn1. The Hall–Kier alpha value is -3.66. The van der Waals surface area contributed by atoms with E-state index in [1.165, 1.54) is 52.5 Å². The molecule has 2 aliphatic heterocycles. The quantitative estimate of drug-likeness (QED) is 0.173. The van der Waals surface area contributed by atoms with Crippen LogP contribution in [-0.2, 0) is 26.3 Å². The van der Waals surface area contributed by atoms with E-state index in [1.807, 2.05) is 0 Å². The number of aromatic nitrogens is 5. The molecule has 1 saturated heterocycles. The van der Waals surface area contributed by atoms with Gasteiger partial charge in [-0.2, -0.15) is 0 Å². The molecule has 4 N–H and O–H groups in total. The average molecular weight is 506 g/mol. The summed E-state index contributed by atoms with van der Waals surface area (Å²) in [6.07, 6.45) is 1.41. The van der Waals surface area contributed by atoms with Crippen LogP contribution in [0, 0.1) is 0 Å². The molecule has 178 valence electrons. The van der Waals surface area contributed by atoms with Crippen LogP contribution in [0.4, 0.5) is 5.69 Å². The fourth-order valence-corrected chi connectivity index (χ4v) is 5.71. The number of nitrogens with one attached hydrogen (secondary N) is 1. The highest BCUT2D eigenvalue weighted by Crippen LogP contribution is 2.41. The minimum absolute atomic E-state index is 0.0924. The number of nitrogen functional groups attached to an aromatic ring is 1. The number of thioether (sulfide) groups is 2. The van der Waals surface area contributed by atoms with Gasteiger partial charge >= 0.3 is 5.97 Å². The van der Waals surface area contributed by atoms with Gasteiger partial charge in [-0.05, 0) is 28.1 Å². The van der Waals surface area contributed by atoms with Crippen molar-refractivity contribution in [1.82, 2.24) is 35.4 Å². The molecule has 4 rings (SSSR count). The number of rotatable bonds is 8. The minimum atomic E-state index is -1.22. The van der Waals surface area contributed by atoms with Crippen molar-refractivity contribution in [3.63, 3.8) is 0 Å². The Morgan fingerprint density at radius 1 is 1.47 bits per heavy atom. The lowest BCUT2D eigenvalue weighted by Crippen LogP contribution is -2.71. The van der Waals surface area contributed by atoms with Gasteiger partial charge in [-0.25, -0.2) is 9.48 Å². The number of fused-ring (bicyclic) bond motifs is 1. The first-order valence-electron chi connectivity index (χ1n) is 9.71. The molecule has 0 aliphatic carbocycles. The Morgan fingerprint density at radius 3 is 2.91 bits per heavy atom. The number of pyridine rings is 1. The first-order chi connectivity index (χ1) is 16.3. The number of carboxylic acid groups (broad SMARTS) is 1. The van der Waals surface area contributed by atoms with Gasteiger partial charge in [-0.15, -0.1) is 16.9 Å². The number of aryl methyl sites for hydroxylation is 1. The van der Waals surface area contributed by atoms with E-state index >= 15 is 0 Å². The number of carbonyl (C=O) groups excluding carboxylic acids is 2. The third-order valence-electron chi connectivity index (χ3n) is 4.92. The zero-order valence-corrected chi connectivity index (χ0v) is 19.5. The molecular weight excluding hydrogens is 486 g/mol. The van der Waals surface area contributed by atoms with Gasteiger partial charge in [0.2, 0.25) is 5.16 Å². The normalized spacial score (nSPS) is 20.0. The van der Waals surface area contributed by atoms with Crippen LogP contribution in [0.5, 0.6) is 0 Å². The van der Waals surface area contributed by atoms with Gasteiger partial charge in [0.1, 0.15) is 24.2 Å². The van der Waals surface area contributed by atoms with Crippen molar-refractivity contribution in [2.45, 2.75) is 16.6 Å². The van der Waals surface area contributed by atoms with E-state index in [9.17, 15) is 19.5 Å². The number of amides is 2. The largest absolute Gasteiger partial charge is 0.477 e. The van der Waals surface area contributed by atoms with Crippen molar-refractivity contribution in [3.05, 3.63) is 35.3 Å². The molecule has 2 atom stereocenters. The predicted molar refractivity (Wildman–Crippen MR) is 121 cm³/mol. The number of nitrogens with zero attached hydrogens (tertiary/aromatic N) is 7. The van der Waals surface area contributed by atoms with Crippen LogP contribution < -0.4 is 11.1 Å². The lowest BCUT2D eigenvalue weighted by molar-refractivity contribution is -0.150. The van der Waals surface area contributed by atoms with E-state index in [-0.39, 0.29) is 17.1 Å². The topological polar surface area (TPSA) is 191 Å². The third-order valence-corrected chi connectivity index (χ3v) is 7.35. The average Bonchev–Trinajstić information content (AvgIpc) is 3.23. The second kappa shape index (κ2) is 9.68. The highest BCUT2D eigenvalue weighted by Gasteiger charge is 2.54. The maximum absolute atomic E-state index is 12.9. The molecule has 0 aromatic carbocycles. The van der Waals surface area contributed by atoms with Crippen LogP contribution >= 0.6 is 23.5 Å². The van der Waals surface area contributed by atoms with E-state index in [4.69, 9.17) is 10.6 Å². The summed E-state index contributed by atoms with van der Waals surface area (Å²) in [7, 11) is 2.94. The number of hydrogen-bond acceptors (Lipinski definition) is 12. The van der Waals surface area contributed by atoms with Crippen molar-refractivity contribution in [2.24, 2.45) is 12.2 Å². The Labute approximate surface area is 201 Å². The number of carboxylic acids is 1.